The average molecular weight is 292 g/mol. The molecule has 1 aromatic carbocycles. The fourth-order valence-corrected chi connectivity index (χ4v) is 2.18. The van der Waals surface area contributed by atoms with Gasteiger partial charge in [-0.1, -0.05) is 27.7 Å². The fourth-order valence-electron chi connectivity index (χ4n) is 2.18. The maximum atomic E-state index is 12.2. The molecule has 0 heterocycles. The minimum Gasteiger partial charge on any atom is -0.508 e. The van der Waals surface area contributed by atoms with Crippen LogP contribution in [0.4, 0.5) is 0 Å². The fraction of sp³-hybridized carbons (Fsp3) is 0.500. The lowest BCUT2D eigenvalue weighted by Gasteiger charge is -2.33. The van der Waals surface area contributed by atoms with E-state index in [4.69, 9.17) is 0 Å². The summed E-state index contributed by atoms with van der Waals surface area (Å²) in [5.41, 5.74) is 2.35. The summed E-state index contributed by atoms with van der Waals surface area (Å²) in [6.07, 6.45) is 0. The number of carbonyl (C=O) groups is 1. The predicted octanol–water partition coefficient (Wildman–Crippen LogP) is 2.28. The highest BCUT2D eigenvalue weighted by atomic mass is 16.3. The molecule has 0 aliphatic carbocycles. The first kappa shape index (κ1) is 17.2. The molecule has 0 atom stereocenters. The van der Waals surface area contributed by atoms with Gasteiger partial charge in [-0.15, -0.1) is 0 Å². The topological polar surface area (TPSA) is 81.9 Å². The zero-order valence-corrected chi connectivity index (χ0v) is 13.2. The van der Waals surface area contributed by atoms with Gasteiger partial charge in [-0.3, -0.25) is 4.79 Å². The Morgan fingerprint density at radius 1 is 1.14 bits per heavy atom. The van der Waals surface area contributed by atoms with Crippen LogP contribution in [0.3, 0.4) is 0 Å². The second kappa shape index (κ2) is 6.72. The molecule has 0 fully saturated rings. The van der Waals surface area contributed by atoms with Gasteiger partial charge in [-0.25, -0.2) is 5.43 Å². The van der Waals surface area contributed by atoms with Gasteiger partial charge in [0, 0.05) is 0 Å². The van der Waals surface area contributed by atoms with E-state index in [0.717, 1.165) is 5.56 Å². The molecule has 1 amide bonds. The number of nitrogens with zero attached hydrogens (tertiary/aromatic N) is 1. The molecule has 0 unspecified atom stereocenters. The van der Waals surface area contributed by atoms with Gasteiger partial charge in [0.25, 0.3) is 5.91 Å². The average Bonchev–Trinajstić information content (AvgIpc) is 2.43. The maximum Gasteiger partial charge on any atom is 0.272 e. The molecule has 1 aromatic rings. The number of phenolic OH excluding ortho intramolecular Hbond substituents is 1. The minimum absolute atomic E-state index is 0.171. The summed E-state index contributed by atoms with van der Waals surface area (Å²) >= 11 is 0. The second-order valence-electron chi connectivity index (χ2n) is 5.82. The first-order chi connectivity index (χ1) is 9.69. The number of hydrazone groups is 1. The summed E-state index contributed by atoms with van der Waals surface area (Å²) in [4.78, 5) is 12.2. The number of aliphatic hydroxyl groups is 1. The molecule has 21 heavy (non-hydrogen) atoms. The van der Waals surface area contributed by atoms with Crippen molar-refractivity contribution in [1.82, 2.24) is 5.43 Å². The Morgan fingerprint density at radius 2 is 1.62 bits per heavy atom. The normalized spacial score (nSPS) is 12.9. The standard InChI is InChI=1S/C16H24N2O3/c1-10(2)16(21,11(3)4)15(20)18-17-12(5)13-6-8-14(19)9-7-13/h6-11,19,21H,1-5H3,(H,18,20)/b17-12-. The van der Waals surface area contributed by atoms with Crippen molar-refractivity contribution in [2.45, 2.75) is 40.2 Å². The van der Waals surface area contributed by atoms with Crippen LogP contribution in [0.1, 0.15) is 40.2 Å². The summed E-state index contributed by atoms with van der Waals surface area (Å²) in [6.45, 7) is 8.95. The summed E-state index contributed by atoms with van der Waals surface area (Å²) < 4.78 is 0. The molecular weight excluding hydrogens is 268 g/mol. The smallest absolute Gasteiger partial charge is 0.272 e. The first-order valence-electron chi connectivity index (χ1n) is 7.06. The summed E-state index contributed by atoms with van der Waals surface area (Å²) in [5.74, 6) is -0.779. The Labute approximate surface area is 125 Å². The third kappa shape index (κ3) is 3.82. The lowest BCUT2D eigenvalue weighted by molar-refractivity contribution is -0.150. The SMILES string of the molecule is C/C(=N/NC(=O)C(O)(C(C)C)C(C)C)c1ccc(O)cc1. The van der Waals surface area contributed by atoms with Gasteiger partial charge >= 0.3 is 0 Å². The van der Waals surface area contributed by atoms with Crippen molar-refractivity contribution in [2.75, 3.05) is 0 Å². The quantitative estimate of drug-likeness (QED) is 0.575. The molecular formula is C16H24N2O3. The third-order valence-electron chi connectivity index (χ3n) is 3.73. The van der Waals surface area contributed by atoms with Crippen molar-refractivity contribution >= 4 is 11.6 Å². The Bertz CT molecular complexity index is 511. The number of aromatic hydroxyl groups is 1. The number of rotatable bonds is 5. The van der Waals surface area contributed by atoms with Crippen LogP contribution in [0, 0.1) is 11.8 Å². The van der Waals surface area contributed by atoms with Crippen LogP contribution in [0.25, 0.3) is 0 Å². The predicted molar refractivity (Wildman–Crippen MR) is 83.1 cm³/mol. The molecule has 0 saturated heterocycles. The van der Waals surface area contributed by atoms with Gasteiger partial charge in [0.2, 0.25) is 0 Å². The highest BCUT2D eigenvalue weighted by molar-refractivity contribution is 5.99. The van der Waals surface area contributed by atoms with E-state index >= 15 is 0 Å². The molecule has 3 N–H and O–H groups in total. The Morgan fingerprint density at radius 3 is 2.05 bits per heavy atom. The van der Waals surface area contributed by atoms with Crippen LogP contribution in [0.5, 0.6) is 5.75 Å². The number of hydrogen-bond acceptors (Lipinski definition) is 4. The van der Waals surface area contributed by atoms with Crippen LogP contribution in [-0.2, 0) is 4.79 Å². The highest BCUT2D eigenvalue weighted by Gasteiger charge is 2.42. The zero-order valence-electron chi connectivity index (χ0n) is 13.2. The van der Waals surface area contributed by atoms with E-state index in [1.165, 1.54) is 0 Å². The number of hydrogen-bond donors (Lipinski definition) is 3. The maximum absolute atomic E-state index is 12.2. The molecule has 0 spiro atoms. The summed E-state index contributed by atoms with van der Waals surface area (Å²) in [7, 11) is 0. The van der Waals surface area contributed by atoms with Gasteiger partial charge in [0.05, 0.1) is 5.71 Å². The third-order valence-corrected chi connectivity index (χ3v) is 3.73. The van der Waals surface area contributed by atoms with Gasteiger partial charge < -0.3 is 10.2 Å². The number of phenols is 1. The van der Waals surface area contributed by atoms with Crippen molar-refractivity contribution < 1.29 is 15.0 Å². The molecule has 1 rings (SSSR count). The van der Waals surface area contributed by atoms with Gasteiger partial charge in [-0.2, -0.15) is 5.10 Å². The minimum atomic E-state index is -1.46. The molecule has 0 aliphatic rings. The highest BCUT2D eigenvalue weighted by Crippen LogP contribution is 2.26. The van der Waals surface area contributed by atoms with E-state index in [0.29, 0.717) is 5.71 Å². The van der Waals surface area contributed by atoms with E-state index in [1.807, 2.05) is 0 Å². The van der Waals surface area contributed by atoms with Gasteiger partial charge in [0.1, 0.15) is 11.4 Å². The molecule has 0 aromatic heterocycles. The van der Waals surface area contributed by atoms with Crippen molar-refractivity contribution in [3.05, 3.63) is 29.8 Å². The molecule has 116 valence electrons. The van der Waals surface area contributed by atoms with E-state index in [2.05, 4.69) is 10.5 Å². The number of nitrogens with one attached hydrogen (secondary N) is 1. The van der Waals surface area contributed by atoms with Crippen molar-refractivity contribution in [3.63, 3.8) is 0 Å². The van der Waals surface area contributed by atoms with E-state index in [9.17, 15) is 15.0 Å². The van der Waals surface area contributed by atoms with Gasteiger partial charge in [-0.05, 0) is 48.6 Å². The molecule has 0 bridgehead atoms. The molecule has 0 aliphatic heterocycles. The monoisotopic (exact) mass is 292 g/mol. The van der Waals surface area contributed by atoms with E-state index < -0.39 is 11.5 Å². The van der Waals surface area contributed by atoms with Gasteiger partial charge in [0.15, 0.2) is 0 Å². The zero-order chi connectivity index (χ0) is 16.2. The lowest BCUT2D eigenvalue weighted by atomic mass is 9.80. The number of carbonyl (C=O) groups excluding carboxylic acids is 1. The van der Waals surface area contributed by atoms with Crippen molar-refractivity contribution in [1.29, 1.82) is 0 Å². The van der Waals surface area contributed by atoms with Crippen LogP contribution in [0.2, 0.25) is 0 Å². The second-order valence-corrected chi connectivity index (χ2v) is 5.82. The Kier molecular flexibility index (Phi) is 5.49. The molecule has 0 radical (unpaired) electrons. The Hall–Kier alpha value is -1.88. The summed E-state index contributed by atoms with van der Waals surface area (Å²) in [6, 6.07) is 6.51. The van der Waals surface area contributed by atoms with Crippen LogP contribution >= 0.6 is 0 Å². The Balaban J connectivity index is 2.88. The van der Waals surface area contributed by atoms with Crippen LogP contribution in [0.15, 0.2) is 29.4 Å². The first-order valence-corrected chi connectivity index (χ1v) is 7.06. The largest absolute Gasteiger partial charge is 0.508 e. The van der Waals surface area contributed by atoms with Crippen LogP contribution in [-0.4, -0.2) is 27.4 Å². The molecule has 5 nitrogen and oxygen atoms in total. The van der Waals surface area contributed by atoms with E-state index in [-0.39, 0.29) is 17.6 Å². The van der Waals surface area contributed by atoms with Crippen molar-refractivity contribution in [2.24, 2.45) is 16.9 Å². The van der Waals surface area contributed by atoms with Crippen LogP contribution < -0.4 is 5.43 Å². The lowest BCUT2D eigenvalue weighted by Crippen LogP contribution is -2.53. The molecule has 5 heteroatoms. The number of amides is 1. The molecule has 0 saturated carbocycles. The number of benzene rings is 1. The summed E-state index contributed by atoms with van der Waals surface area (Å²) in [5, 5.41) is 23.8. The van der Waals surface area contributed by atoms with E-state index in [1.54, 1.807) is 58.9 Å². The van der Waals surface area contributed by atoms with Crippen molar-refractivity contribution in [3.8, 4) is 5.75 Å².